The predicted octanol–water partition coefficient (Wildman–Crippen LogP) is 4.74. The van der Waals surface area contributed by atoms with Crippen molar-refractivity contribution in [2.24, 2.45) is 22.7 Å². The highest BCUT2D eigenvalue weighted by Gasteiger charge is 2.48. The lowest BCUT2D eigenvalue weighted by Crippen LogP contribution is -2.47. The SMILES string of the molecule is CCC(C)(C)C(OO)C(C)(C)C1CCCC1C. The molecule has 1 aliphatic carbocycles. The summed E-state index contributed by atoms with van der Waals surface area (Å²) in [5.74, 6) is 1.40. The van der Waals surface area contributed by atoms with Gasteiger partial charge in [0.25, 0.3) is 0 Å². The zero-order valence-corrected chi connectivity index (χ0v) is 12.4. The van der Waals surface area contributed by atoms with Gasteiger partial charge in [0.1, 0.15) is 6.10 Å². The van der Waals surface area contributed by atoms with E-state index in [0.29, 0.717) is 5.92 Å². The monoisotopic (exact) mass is 242 g/mol. The van der Waals surface area contributed by atoms with Crippen LogP contribution in [0.5, 0.6) is 0 Å². The predicted molar refractivity (Wildman–Crippen MR) is 71.9 cm³/mol. The molecule has 17 heavy (non-hydrogen) atoms. The van der Waals surface area contributed by atoms with Crippen LogP contribution in [0.25, 0.3) is 0 Å². The minimum Gasteiger partial charge on any atom is -0.251 e. The van der Waals surface area contributed by atoms with E-state index >= 15 is 0 Å². The Morgan fingerprint density at radius 3 is 2.18 bits per heavy atom. The van der Waals surface area contributed by atoms with Gasteiger partial charge >= 0.3 is 0 Å². The quantitative estimate of drug-likeness (QED) is 0.557. The third-order valence-electron chi connectivity index (χ3n) is 5.22. The number of rotatable bonds is 5. The Kier molecular flexibility index (Phi) is 4.65. The van der Waals surface area contributed by atoms with Crippen LogP contribution in [-0.4, -0.2) is 11.4 Å². The van der Waals surface area contributed by atoms with Crippen LogP contribution in [0.15, 0.2) is 0 Å². The molecular formula is C15H30O2. The van der Waals surface area contributed by atoms with Gasteiger partial charge in [-0.3, -0.25) is 5.26 Å². The van der Waals surface area contributed by atoms with Crippen molar-refractivity contribution in [3.63, 3.8) is 0 Å². The van der Waals surface area contributed by atoms with Gasteiger partial charge in [0, 0.05) is 0 Å². The first kappa shape index (κ1) is 15.0. The van der Waals surface area contributed by atoms with Gasteiger partial charge < -0.3 is 0 Å². The molecule has 3 unspecified atom stereocenters. The van der Waals surface area contributed by atoms with Crippen LogP contribution in [0.4, 0.5) is 0 Å². The molecule has 1 saturated carbocycles. The first-order chi connectivity index (χ1) is 7.77. The second-order valence-corrected chi connectivity index (χ2v) is 7.16. The van der Waals surface area contributed by atoms with Gasteiger partial charge in [-0.2, -0.15) is 0 Å². The summed E-state index contributed by atoms with van der Waals surface area (Å²) in [6, 6.07) is 0. The van der Waals surface area contributed by atoms with Gasteiger partial charge in [-0.05, 0) is 35.5 Å². The lowest BCUT2D eigenvalue weighted by molar-refractivity contribution is -0.332. The Balaban J connectivity index is 2.93. The van der Waals surface area contributed by atoms with Crippen LogP contribution in [-0.2, 0) is 4.89 Å². The number of hydrogen-bond donors (Lipinski definition) is 1. The lowest BCUT2D eigenvalue weighted by atomic mass is 9.62. The zero-order valence-electron chi connectivity index (χ0n) is 12.4. The maximum atomic E-state index is 9.37. The van der Waals surface area contributed by atoms with E-state index in [1.165, 1.54) is 19.3 Å². The van der Waals surface area contributed by atoms with Gasteiger partial charge in [-0.25, -0.2) is 4.89 Å². The summed E-state index contributed by atoms with van der Waals surface area (Å²) in [7, 11) is 0. The summed E-state index contributed by atoms with van der Waals surface area (Å²) in [5.41, 5.74) is 0.0464. The highest BCUT2D eigenvalue weighted by atomic mass is 17.1. The maximum Gasteiger partial charge on any atom is 0.103 e. The molecule has 0 aromatic heterocycles. The van der Waals surface area contributed by atoms with E-state index in [2.05, 4.69) is 41.5 Å². The molecule has 0 heterocycles. The van der Waals surface area contributed by atoms with Crippen LogP contribution in [0, 0.1) is 22.7 Å². The molecule has 0 radical (unpaired) electrons. The molecule has 0 saturated heterocycles. The van der Waals surface area contributed by atoms with E-state index in [0.717, 1.165) is 12.3 Å². The molecule has 2 nitrogen and oxygen atoms in total. The number of hydrogen-bond acceptors (Lipinski definition) is 2. The molecule has 1 N–H and O–H groups in total. The second-order valence-electron chi connectivity index (χ2n) is 7.16. The highest BCUT2D eigenvalue weighted by molar-refractivity contribution is 4.96. The van der Waals surface area contributed by atoms with Crippen molar-refractivity contribution < 1.29 is 10.1 Å². The van der Waals surface area contributed by atoms with E-state index in [1.807, 2.05) is 0 Å². The second kappa shape index (κ2) is 5.27. The molecule has 1 rings (SSSR count). The van der Waals surface area contributed by atoms with Crippen molar-refractivity contribution in [2.45, 2.75) is 73.3 Å². The van der Waals surface area contributed by atoms with E-state index in [1.54, 1.807) is 0 Å². The maximum absolute atomic E-state index is 9.37. The van der Waals surface area contributed by atoms with Gasteiger partial charge in [-0.15, -0.1) is 0 Å². The molecule has 0 aliphatic heterocycles. The van der Waals surface area contributed by atoms with Crippen molar-refractivity contribution in [1.82, 2.24) is 0 Å². The largest absolute Gasteiger partial charge is 0.251 e. The third kappa shape index (κ3) is 2.85. The first-order valence-corrected chi connectivity index (χ1v) is 7.07. The average molecular weight is 242 g/mol. The van der Waals surface area contributed by atoms with Crippen LogP contribution in [0.3, 0.4) is 0 Å². The molecule has 2 heteroatoms. The standard InChI is InChI=1S/C15H30O2/c1-7-14(3,4)13(17-16)15(5,6)12-10-8-9-11(12)2/h11-13,16H,7-10H2,1-6H3. The Morgan fingerprint density at radius 1 is 1.24 bits per heavy atom. The van der Waals surface area contributed by atoms with Crippen LogP contribution >= 0.6 is 0 Å². The van der Waals surface area contributed by atoms with Crippen molar-refractivity contribution in [1.29, 1.82) is 0 Å². The molecule has 0 amide bonds. The van der Waals surface area contributed by atoms with Gasteiger partial charge in [-0.1, -0.05) is 54.4 Å². The molecule has 0 spiro atoms. The summed E-state index contributed by atoms with van der Waals surface area (Å²) < 4.78 is 0. The fourth-order valence-electron chi connectivity index (χ4n) is 3.92. The zero-order chi connectivity index (χ0) is 13.3. The summed E-state index contributed by atoms with van der Waals surface area (Å²) in [4.78, 5) is 4.93. The van der Waals surface area contributed by atoms with Crippen molar-refractivity contribution >= 4 is 0 Å². The molecule has 0 aromatic rings. The smallest absolute Gasteiger partial charge is 0.103 e. The summed E-state index contributed by atoms with van der Waals surface area (Å²) in [6.07, 6.45) is 4.83. The Bertz CT molecular complexity index is 245. The highest BCUT2D eigenvalue weighted by Crippen LogP contribution is 2.50. The molecule has 102 valence electrons. The Labute approximate surface area is 107 Å². The topological polar surface area (TPSA) is 29.5 Å². The lowest BCUT2D eigenvalue weighted by Gasteiger charge is -2.46. The molecule has 3 atom stereocenters. The van der Waals surface area contributed by atoms with Gasteiger partial charge in [0.15, 0.2) is 0 Å². The normalized spacial score (nSPS) is 28.4. The van der Waals surface area contributed by atoms with Gasteiger partial charge in [0.05, 0.1) is 0 Å². The molecule has 0 aromatic carbocycles. The molecule has 1 aliphatic rings. The third-order valence-corrected chi connectivity index (χ3v) is 5.22. The molecular weight excluding hydrogens is 212 g/mol. The van der Waals surface area contributed by atoms with Crippen LogP contribution in [0.2, 0.25) is 0 Å². The van der Waals surface area contributed by atoms with Gasteiger partial charge in [0.2, 0.25) is 0 Å². The molecule has 0 bridgehead atoms. The fraction of sp³-hybridized carbons (Fsp3) is 1.00. The van der Waals surface area contributed by atoms with E-state index in [9.17, 15) is 5.26 Å². The van der Waals surface area contributed by atoms with E-state index in [-0.39, 0.29) is 16.9 Å². The van der Waals surface area contributed by atoms with Crippen LogP contribution in [0.1, 0.15) is 67.2 Å². The van der Waals surface area contributed by atoms with E-state index < -0.39 is 0 Å². The van der Waals surface area contributed by atoms with E-state index in [4.69, 9.17) is 4.89 Å². The van der Waals surface area contributed by atoms with Crippen molar-refractivity contribution in [2.75, 3.05) is 0 Å². The fourth-order valence-corrected chi connectivity index (χ4v) is 3.92. The Morgan fingerprint density at radius 2 is 1.82 bits per heavy atom. The minimum absolute atomic E-state index is 0.0144. The average Bonchev–Trinajstić information content (AvgIpc) is 2.65. The summed E-state index contributed by atoms with van der Waals surface area (Å²) >= 11 is 0. The Hall–Kier alpha value is -0.0800. The van der Waals surface area contributed by atoms with Crippen LogP contribution < -0.4 is 0 Å². The van der Waals surface area contributed by atoms with Crippen molar-refractivity contribution in [3.05, 3.63) is 0 Å². The summed E-state index contributed by atoms with van der Waals surface area (Å²) in [5, 5.41) is 9.37. The minimum atomic E-state index is -0.0921. The van der Waals surface area contributed by atoms with Crippen molar-refractivity contribution in [3.8, 4) is 0 Å². The summed E-state index contributed by atoms with van der Waals surface area (Å²) in [6.45, 7) is 13.4. The molecule has 1 fully saturated rings. The first-order valence-electron chi connectivity index (χ1n) is 7.07.